The van der Waals surface area contributed by atoms with Gasteiger partial charge in [0.25, 0.3) is 0 Å². The first-order valence-electron chi connectivity index (χ1n) is 8.27. The highest BCUT2D eigenvalue weighted by molar-refractivity contribution is 9.10. The fourth-order valence-electron chi connectivity index (χ4n) is 3.73. The molecule has 7 heteroatoms. The number of carbonyl (C=O) groups excluding carboxylic acids is 1. The second kappa shape index (κ2) is 6.09. The standard InChI is InChI=1S/C19H19BrN2O4/c1-19-10-13(12-8-11(20)9-16(25-3)17(12)26-19)21-18(23)22(19)14-6-4-5-7-15(14)24-2/h4-9,13H,10H2,1-3H3,(H,21,23)/t13-,19+/m0/s1. The fraction of sp³-hybridized carbons (Fsp3) is 0.316. The van der Waals surface area contributed by atoms with Crippen LogP contribution in [0.5, 0.6) is 17.2 Å². The summed E-state index contributed by atoms with van der Waals surface area (Å²) in [4.78, 5) is 14.6. The van der Waals surface area contributed by atoms with E-state index in [1.807, 2.05) is 43.3 Å². The molecular formula is C19H19BrN2O4. The lowest BCUT2D eigenvalue weighted by molar-refractivity contribution is 0.0345. The fourth-order valence-corrected chi connectivity index (χ4v) is 4.19. The molecule has 2 aliphatic heterocycles. The lowest BCUT2D eigenvalue weighted by Crippen LogP contribution is -2.65. The van der Waals surface area contributed by atoms with Gasteiger partial charge in [-0.05, 0) is 31.2 Å². The molecule has 2 aromatic carbocycles. The number of amides is 2. The van der Waals surface area contributed by atoms with Crippen molar-refractivity contribution in [3.8, 4) is 17.2 Å². The van der Waals surface area contributed by atoms with Crippen LogP contribution < -0.4 is 24.4 Å². The normalized spacial score (nSPS) is 23.6. The number of benzene rings is 2. The predicted molar refractivity (Wildman–Crippen MR) is 101 cm³/mol. The van der Waals surface area contributed by atoms with Crippen LogP contribution in [0.4, 0.5) is 10.5 Å². The average Bonchev–Trinajstić information content (AvgIpc) is 2.61. The third-order valence-corrected chi connectivity index (χ3v) is 5.31. The summed E-state index contributed by atoms with van der Waals surface area (Å²) in [5.74, 6) is 1.88. The summed E-state index contributed by atoms with van der Waals surface area (Å²) >= 11 is 3.49. The molecule has 0 radical (unpaired) electrons. The molecule has 0 unspecified atom stereocenters. The Balaban J connectivity index is 1.85. The second-order valence-electron chi connectivity index (χ2n) is 6.52. The van der Waals surface area contributed by atoms with Gasteiger partial charge in [0.05, 0.1) is 25.9 Å². The summed E-state index contributed by atoms with van der Waals surface area (Å²) < 4.78 is 18.2. The number of rotatable bonds is 3. The maximum Gasteiger partial charge on any atom is 0.325 e. The Labute approximate surface area is 160 Å². The number of fused-ring (bicyclic) bond motifs is 4. The highest BCUT2D eigenvalue weighted by Gasteiger charge is 2.51. The van der Waals surface area contributed by atoms with Gasteiger partial charge in [-0.15, -0.1) is 0 Å². The van der Waals surface area contributed by atoms with Gasteiger partial charge < -0.3 is 19.5 Å². The number of nitrogens with zero attached hydrogens (tertiary/aromatic N) is 1. The SMILES string of the molecule is COc1ccccc1N1C(=O)N[C@H]2C[C@@]1(C)Oc1c(OC)cc(Br)cc12. The molecule has 2 amide bonds. The number of ether oxygens (including phenoxy) is 3. The first-order chi connectivity index (χ1) is 12.5. The second-order valence-corrected chi connectivity index (χ2v) is 7.43. The minimum atomic E-state index is -0.865. The van der Waals surface area contributed by atoms with Gasteiger partial charge in [0.1, 0.15) is 5.75 Å². The summed E-state index contributed by atoms with van der Waals surface area (Å²) in [7, 11) is 3.19. The smallest absolute Gasteiger partial charge is 0.325 e. The Morgan fingerprint density at radius 1 is 1.23 bits per heavy atom. The molecule has 1 fully saturated rings. The third-order valence-electron chi connectivity index (χ3n) is 4.85. The Hall–Kier alpha value is -2.41. The number of nitrogens with one attached hydrogen (secondary N) is 1. The summed E-state index contributed by atoms with van der Waals surface area (Å²) in [5, 5.41) is 3.08. The first-order valence-corrected chi connectivity index (χ1v) is 9.06. The number of hydrogen-bond donors (Lipinski definition) is 1. The van der Waals surface area contributed by atoms with Crippen molar-refractivity contribution in [2.24, 2.45) is 0 Å². The Morgan fingerprint density at radius 3 is 2.69 bits per heavy atom. The van der Waals surface area contributed by atoms with Crippen LogP contribution in [0.1, 0.15) is 24.9 Å². The van der Waals surface area contributed by atoms with Crippen LogP contribution in [0.15, 0.2) is 40.9 Å². The molecule has 26 heavy (non-hydrogen) atoms. The number of para-hydroxylation sites is 2. The van der Waals surface area contributed by atoms with E-state index in [0.29, 0.717) is 29.4 Å². The maximum absolute atomic E-state index is 13.0. The molecule has 0 aromatic heterocycles. The van der Waals surface area contributed by atoms with E-state index in [2.05, 4.69) is 21.2 Å². The lowest BCUT2D eigenvalue weighted by Gasteiger charge is -2.50. The molecule has 0 aliphatic carbocycles. The summed E-state index contributed by atoms with van der Waals surface area (Å²) in [6, 6.07) is 10.8. The summed E-state index contributed by atoms with van der Waals surface area (Å²) in [5.41, 5.74) is 0.699. The molecule has 2 aromatic rings. The number of carbonyl (C=O) groups is 1. The van der Waals surface area contributed by atoms with E-state index in [4.69, 9.17) is 14.2 Å². The number of urea groups is 1. The highest BCUT2D eigenvalue weighted by Crippen LogP contribution is 2.51. The van der Waals surface area contributed by atoms with Crippen LogP contribution in [-0.4, -0.2) is 26.0 Å². The van der Waals surface area contributed by atoms with Crippen LogP contribution in [-0.2, 0) is 0 Å². The number of halogens is 1. The van der Waals surface area contributed by atoms with Crippen LogP contribution in [0.25, 0.3) is 0 Å². The maximum atomic E-state index is 13.0. The number of hydrogen-bond acceptors (Lipinski definition) is 4. The average molecular weight is 419 g/mol. The molecule has 2 aliphatic rings. The zero-order valence-corrected chi connectivity index (χ0v) is 16.3. The minimum Gasteiger partial charge on any atom is -0.495 e. The van der Waals surface area contributed by atoms with Crippen LogP contribution in [0, 0.1) is 0 Å². The van der Waals surface area contributed by atoms with Crippen molar-refractivity contribution in [2.75, 3.05) is 19.1 Å². The predicted octanol–water partition coefficient (Wildman–Crippen LogP) is 4.24. The Kier molecular flexibility index (Phi) is 3.99. The van der Waals surface area contributed by atoms with Gasteiger partial charge in [-0.2, -0.15) is 0 Å². The van der Waals surface area contributed by atoms with Crippen molar-refractivity contribution < 1.29 is 19.0 Å². The van der Waals surface area contributed by atoms with Crippen molar-refractivity contribution in [3.05, 3.63) is 46.4 Å². The molecule has 1 saturated heterocycles. The molecule has 0 saturated carbocycles. The first kappa shape index (κ1) is 17.0. The van der Waals surface area contributed by atoms with Gasteiger partial charge in [0.15, 0.2) is 17.2 Å². The van der Waals surface area contributed by atoms with Crippen molar-refractivity contribution in [2.45, 2.75) is 25.1 Å². The van der Waals surface area contributed by atoms with E-state index in [1.54, 1.807) is 19.1 Å². The topological polar surface area (TPSA) is 60.0 Å². The highest BCUT2D eigenvalue weighted by atomic mass is 79.9. The van der Waals surface area contributed by atoms with Crippen LogP contribution in [0.3, 0.4) is 0 Å². The Bertz CT molecular complexity index is 888. The van der Waals surface area contributed by atoms with Gasteiger partial charge >= 0.3 is 6.03 Å². The van der Waals surface area contributed by atoms with Crippen molar-refractivity contribution in [3.63, 3.8) is 0 Å². The van der Waals surface area contributed by atoms with Crippen molar-refractivity contribution in [1.82, 2.24) is 5.32 Å². The molecule has 4 rings (SSSR count). The molecule has 2 bridgehead atoms. The summed E-state index contributed by atoms with van der Waals surface area (Å²) in [6.07, 6.45) is 0.601. The molecule has 6 nitrogen and oxygen atoms in total. The molecular weight excluding hydrogens is 400 g/mol. The summed E-state index contributed by atoms with van der Waals surface area (Å²) in [6.45, 7) is 1.91. The molecule has 136 valence electrons. The third kappa shape index (κ3) is 2.49. The van der Waals surface area contributed by atoms with Gasteiger partial charge in [-0.25, -0.2) is 4.79 Å². The zero-order chi connectivity index (χ0) is 18.5. The van der Waals surface area contributed by atoms with Crippen LogP contribution in [0.2, 0.25) is 0 Å². The number of anilines is 1. The van der Waals surface area contributed by atoms with Crippen molar-refractivity contribution in [1.29, 1.82) is 0 Å². The Morgan fingerprint density at radius 2 is 1.96 bits per heavy atom. The quantitative estimate of drug-likeness (QED) is 0.809. The van der Waals surface area contributed by atoms with E-state index in [-0.39, 0.29) is 12.1 Å². The largest absolute Gasteiger partial charge is 0.495 e. The van der Waals surface area contributed by atoms with E-state index < -0.39 is 5.72 Å². The van der Waals surface area contributed by atoms with E-state index >= 15 is 0 Å². The molecule has 2 heterocycles. The van der Waals surface area contributed by atoms with E-state index in [1.165, 1.54) is 0 Å². The number of methoxy groups -OCH3 is 2. The van der Waals surface area contributed by atoms with Crippen molar-refractivity contribution >= 4 is 27.6 Å². The van der Waals surface area contributed by atoms with E-state index in [0.717, 1.165) is 10.0 Å². The zero-order valence-electron chi connectivity index (χ0n) is 14.7. The molecule has 1 N–H and O–H groups in total. The van der Waals surface area contributed by atoms with Gasteiger partial charge in [0, 0.05) is 16.5 Å². The van der Waals surface area contributed by atoms with Crippen LogP contribution >= 0.6 is 15.9 Å². The van der Waals surface area contributed by atoms with Gasteiger partial charge in [0.2, 0.25) is 0 Å². The lowest BCUT2D eigenvalue weighted by atomic mass is 9.90. The molecule has 2 atom stereocenters. The monoisotopic (exact) mass is 418 g/mol. The van der Waals surface area contributed by atoms with Gasteiger partial charge in [-0.1, -0.05) is 28.1 Å². The minimum absolute atomic E-state index is 0.159. The van der Waals surface area contributed by atoms with Gasteiger partial charge in [-0.3, -0.25) is 4.90 Å². The van der Waals surface area contributed by atoms with E-state index in [9.17, 15) is 4.79 Å². The molecule has 0 spiro atoms.